The number of hydrogen-bond acceptors (Lipinski definition) is 4. The number of benzene rings is 1. The molecule has 8 heteroatoms. The number of aliphatic hydroxyl groups is 1. The van der Waals surface area contributed by atoms with Crippen LogP contribution in [0.4, 0.5) is 4.39 Å². The lowest BCUT2D eigenvalue weighted by atomic mass is 10.2. The number of aliphatic hydroxyl groups excluding tert-OH is 1. The Morgan fingerprint density at radius 3 is 2.76 bits per heavy atom. The second kappa shape index (κ2) is 6.58. The monoisotopic (exact) mass is 337 g/mol. The number of hydrogen-bond donors (Lipinski definition) is 2. The highest BCUT2D eigenvalue weighted by molar-refractivity contribution is 7.89. The maximum absolute atomic E-state index is 14.1. The van der Waals surface area contributed by atoms with Crippen molar-refractivity contribution in [2.45, 2.75) is 42.9 Å². The summed E-state index contributed by atoms with van der Waals surface area (Å²) in [6.07, 6.45) is 1.94. The number of halogens is 2. The minimum Gasteiger partial charge on any atom is -0.392 e. The van der Waals surface area contributed by atoms with Gasteiger partial charge in [-0.2, -0.15) is 0 Å². The van der Waals surface area contributed by atoms with Crippen LogP contribution in [-0.2, 0) is 21.4 Å². The average Bonchev–Trinajstić information content (AvgIpc) is 2.87. The van der Waals surface area contributed by atoms with Gasteiger partial charge in [-0.3, -0.25) is 0 Å². The maximum Gasteiger partial charge on any atom is 0.243 e. The van der Waals surface area contributed by atoms with Gasteiger partial charge in [0.1, 0.15) is 10.7 Å². The second-order valence-electron chi connectivity index (χ2n) is 5.02. The Balaban J connectivity index is 2.26. The van der Waals surface area contributed by atoms with Gasteiger partial charge < -0.3 is 9.84 Å². The molecule has 1 aromatic carbocycles. The van der Waals surface area contributed by atoms with E-state index in [9.17, 15) is 12.8 Å². The Bertz CT molecular complexity index is 623. The molecule has 0 bridgehead atoms. The van der Waals surface area contributed by atoms with Crippen molar-refractivity contribution in [3.05, 3.63) is 28.5 Å². The van der Waals surface area contributed by atoms with Crippen LogP contribution in [0.1, 0.15) is 24.8 Å². The van der Waals surface area contributed by atoms with Gasteiger partial charge in [0.05, 0.1) is 12.7 Å². The summed E-state index contributed by atoms with van der Waals surface area (Å²) < 4.78 is 46.3. The molecule has 0 radical (unpaired) electrons. The van der Waals surface area contributed by atoms with Crippen molar-refractivity contribution in [2.24, 2.45) is 0 Å². The van der Waals surface area contributed by atoms with E-state index >= 15 is 0 Å². The van der Waals surface area contributed by atoms with Gasteiger partial charge in [-0.05, 0) is 31.4 Å². The van der Waals surface area contributed by atoms with E-state index in [1.54, 1.807) is 7.11 Å². The van der Waals surface area contributed by atoms with Gasteiger partial charge in [0.2, 0.25) is 10.0 Å². The zero-order chi connectivity index (χ0) is 15.6. The van der Waals surface area contributed by atoms with Crippen LogP contribution in [0, 0.1) is 5.82 Å². The highest BCUT2D eigenvalue weighted by Crippen LogP contribution is 2.27. The maximum atomic E-state index is 14.1. The van der Waals surface area contributed by atoms with E-state index in [1.807, 2.05) is 0 Å². The number of rotatable bonds is 5. The molecule has 1 fully saturated rings. The lowest BCUT2D eigenvalue weighted by Gasteiger charge is -2.15. The molecule has 1 aliphatic rings. The number of ether oxygens (including phenoxy) is 1. The fourth-order valence-corrected chi connectivity index (χ4v) is 4.21. The van der Waals surface area contributed by atoms with Gasteiger partial charge in [0.15, 0.2) is 0 Å². The van der Waals surface area contributed by atoms with E-state index < -0.39 is 27.3 Å². The smallest absolute Gasteiger partial charge is 0.243 e. The van der Waals surface area contributed by atoms with E-state index in [0.717, 1.165) is 12.5 Å². The fraction of sp³-hybridized carbons (Fsp3) is 0.538. The minimum absolute atomic E-state index is 0.00918. The molecule has 0 spiro atoms. The lowest BCUT2D eigenvalue weighted by Crippen LogP contribution is -2.34. The third-order valence-electron chi connectivity index (χ3n) is 3.58. The molecule has 0 saturated heterocycles. The van der Waals surface area contributed by atoms with Crippen LogP contribution in [0.15, 0.2) is 17.0 Å². The average molecular weight is 338 g/mol. The SMILES string of the molecule is COC1CCC(NS(=O)(=O)c2cc(Cl)cc(CO)c2F)C1. The Morgan fingerprint density at radius 1 is 1.48 bits per heavy atom. The topological polar surface area (TPSA) is 75.6 Å². The van der Waals surface area contributed by atoms with Gasteiger partial charge in [-0.1, -0.05) is 11.6 Å². The summed E-state index contributed by atoms with van der Waals surface area (Å²) in [5.41, 5.74) is -0.149. The molecule has 1 saturated carbocycles. The van der Waals surface area contributed by atoms with Crippen LogP contribution < -0.4 is 4.72 Å². The molecule has 2 unspecified atom stereocenters. The van der Waals surface area contributed by atoms with E-state index in [4.69, 9.17) is 21.4 Å². The summed E-state index contributed by atoms with van der Waals surface area (Å²) in [6.45, 7) is -0.621. The molecule has 5 nitrogen and oxygen atoms in total. The van der Waals surface area contributed by atoms with Gasteiger partial charge in [0.25, 0.3) is 0 Å². The second-order valence-corrected chi connectivity index (χ2v) is 7.14. The Kier molecular flexibility index (Phi) is 5.21. The van der Waals surface area contributed by atoms with Crippen molar-refractivity contribution in [3.8, 4) is 0 Å². The fourth-order valence-electron chi connectivity index (χ4n) is 2.47. The third-order valence-corrected chi connectivity index (χ3v) is 5.32. The summed E-state index contributed by atoms with van der Waals surface area (Å²) >= 11 is 5.78. The van der Waals surface area contributed by atoms with Crippen molar-refractivity contribution in [2.75, 3.05) is 7.11 Å². The third kappa shape index (κ3) is 3.73. The van der Waals surface area contributed by atoms with Gasteiger partial charge in [-0.25, -0.2) is 17.5 Å². The Labute approximate surface area is 128 Å². The zero-order valence-corrected chi connectivity index (χ0v) is 13.0. The molecule has 118 valence electrons. The van der Waals surface area contributed by atoms with Crippen LogP contribution >= 0.6 is 11.6 Å². The first-order chi connectivity index (χ1) is 9.87. The van der Waals surface area contributed by atoms with Crippen molar-refractivity contribution < 1.29 is 22.7 Å². The molecule has 2 rings (SSSR count). The van der Waals surface area contributed by atoms with Crippen LogP contribution in [0.2, 0.25) is 5.02 Å². The van der Waals surface area contributed by atoms with Crippen molar-refractivity contribution in [3.63, 3.8) is 0 Å². The van der Waals surface area contributed by atoms with Gasteiger partial charge >= 0.3 is 0 Å². The molecule has 0 amide bonds. The normalized spacial score (nSPS) is 22.7. The zero-order valence-electron chi connectivity index (χ0n) is 11.5. The highest BCUT2D eigenvalue weighted by atomic mass is 35.5. The van der Waals surface area contributed by atoms with Crippen molar-refractivity contribution in [1.82, 2.24) is 4.72 Å². The molecule has 0 aliphatic heterocycles. The van der Waals surface area contributed by atoms with Gasteiger partial charge in [-0.15, -0.1) is 0 Å². The lowest BCUT2D eigenvalue weighted by molar-refractivity contribution is 0.107. The molecule has 21 heavy (non-hydrogen) atoms. The molecule has 1 aromatic rings. The Hall–Kier alpha value is -0.730. The molecular formula is C13H17ClFNO4S. The summed E-state index contributed by atoms with van der Waals surface area (Å²) in [4.78, 5) is -0.542. The van der Waals surface area contributed by atoms with Crippen molar-refractivity contribution >= 4 is 21.6 Å². The van der Waals surface area contributed by atoms with E-state index in [-0.39, 0.29) is 22.7 Å². The van der Waals surface area contributed by atoms with Crippen LogP contribution in [0.3, 0.4) is 0 Å². The minimum atomic E-state index is -4.04. The van der Waals surface area contributed by atoms with E-state index in [1.165, 1.54) is 6.07 Å². The first-order valence-electron chi connectivity index (χ1n) is 6.51. The first-order valence-corrected chi connectivity index (χ1v) is 8.37. The highest BCUT2D eigenvalue weighted by Gasteiger charge is 2.30. The van der Waals surface area contributed by atoms with Crippen LogP contribution in [0.25, 0.3) is 0 Å². The molecular weight excluding hydrogens is 321 g/mol. The summed E-state index contributed by atoms with van der Waals surface area (Å²) in [5.74, 6) is -0.976. The van der Waals surface area contributed by atoms with Crippen LogP contribution in [-0.4, -0.2) is 32.8 Å². The number of nitrogens with one attached hydrogen (secondary N) is 1. The molecule has 2 N–H and O–H groups in total. The molecule has 1 aliphatic carbocycles. The Morgan fingerprint density at radius 2 is 2.19 bits per heavy atom. The number of sulfonamides is 1. The summed E-state index contributed by atoms with van der Waals surface area (Å²) in [5, 5.41) is 9.11. The molecule has 0 heterocycles. The molecule has 0 aromatic heterocycles. The van der Waals surface area contributed by atoms with E-state index in [2.05, 4.69) is 4.72 Å². The quantitative estimate of drug-likeness (QED) is 0.859. The summed E-state index contributed by atoms with van der Waals surface area (Å²) in [7, 11) is -2.46. The van der Waals surface area contributed by atoms with Gasteiger partial charge in [0, 0.05) is 23.7 Å². The van der Waals surface area contributed by atoms with Crippen LogP contribution in [0.5, 0.6) is 0 Å². The molecule has 2 atom stereocenters. The first kappa shape index (κ1) is 16.6. The predicted octanol–water partition coefficient (Wildman–Crippen LogP) is 1.82. The summed E-state index contributed by atoms with van der Waals surface area (Å²) in [6, 6.07) is 1.95. The predicted molar refractivity (Wildman–Crippen MR) is 76.1 cm³/mol. The number of methoxy groups -OCH3 is 1. The van der Waals surface area contributed by atoms with Crippen molar-refractivity contribution in [1.29, 1.82) is 0 Å². The van der Waals surface area contributed by atoms with E-state index in [0.29, 0.717) is 12.8 Å². The largest absolute Gasteiger partial charge is 0.392 e. The standard InChI is InChI=1S/C13H17ClFNO4S/c1-20-11-3-2-10(6-11)16-21(18,19)12-5-9(14)4-8(7-17)13(12)15/h4-5,10-11,16-17H,2-3,6-7H2,1H3.